The second-order valence-corrected chi connectivity index (χ2v) is 6.87. The van der Waals surface area contributed by atoms with Crippen LogP contribution in [0.2, 0.25) is 5.02 Å². The van der Waals surface area contributed by atoms with Crippen LogP contribution in [0.1, 0.15) is 13.8 Å². The van der Waals surface area contributed by atoms with Gasteiger partial charge in [-0.1, -0.05) is 41.0 Å². The highest BCUT2D eigenvalue weighted by Gasteiger charge is 2.61. The van der Waals surface area contributed by atoms with Crippen LogP contribution in [0.25, 0.3) is 0 Å². The molecule has 3 aliphatic rings. The number of hydrogen-bond donors (Lipinski definition) is 0. The molecule has 1 aromatic rings. The Hall–Kier alpha value is -1.87. The third-order valence-electron chi connectivity index (χ3n) is 5.06. The summed E-state index contributed by atoms with van der Waals surface area (Å²) in [5.74, 6) is -0.500. The van der Waals surface area contributed by atoms with Gasteiger partial charge in [-0.25, -0.2) is 4.90 Å². The number of nitrogens with zero attached hydrogens (tertiary/aromatic N) is 1. The lowest BCUT2D eigenvalue weighted by atomic mass is 9.85. The van der Waals surface area contributed by atoms with Crippen molar-refractivity contribution >= 4 is 29.1 Å². The van der Waals surface area contributed by atoms with Gasteiger partial charge in [0.1, 0.15) is 0 Å². The van der Waals surface area contributed by atoms with Crippen molar-refractivity contribution < 1.29 is 9.59 Å². The molecular weight excluding hydrogens is 298 g/mol. The number of rotatable bonds is 1. The zero-order valence-electron chi connectivity index (χ0n) is 12.4. The molecule has 1 saturated carbocycles. The average Bonchev–Trinajstić information content (AvgIpc) is 3.09. The quantitative estimate of drug-likeness (QED) is 0.587. The van der Waals surface area contributed by atoms with E-state index in [0.29, 0.717) is 10.7 Å². The summed E-state index contributed by atoms with van der Waals surface area (Å²) >= 11 is 6.00. The van der Waals surface area contributed by atoms with Crippen LogP contribution < -0.4 is 4.90 Å². The summed E-state index contributed by atoms with van der Waals surface area (Å²) in [4.78, 5) is 27.1. The van der Waals surface area contributed by atoms with E-state index in [1.165, 1.54) is 16.0 Å². The fraction of sp³-hybridized carbons (Fsp3) is 0.333. The van der Waals surface area contributed by atoms with Crippen molar-refractivity contribution in [3.63, 3.8) is 0 Å². The Kier molecular flexibility index (Phi) is 2.85. The molecule has 0 N–H and O–H groups in total. The van der Waals surface area contributed by atoms with Gasteiger partial charge in [0, 0.05) is 16.9 Å². The smallest absolute Gasteiger partial charge is 0.238 e. The topological polar surface area (TPSA) is 37.4 Å². The van der Waals surface area contributed by atoms with Crippen molar-refractivity contribution in [3.05, 3.63) is 52.6 Å². The van der Waals surface area contributed by atoms with Gasteiger partial charge in [-0.15, -0.1) is 0 Å². The van der Waals surface area contributed by atoms with E-state index < -0.39 is 0 Å². The van der Waals surface area contributed by atoms with Gasteiger partial charge in [0.2, 0.25) is 11.8 Å². The summed E-state index contributed by atoms with van der Waals surface area (Å²) in [5.41, 5.74) is 3.07. The Bertz CT molecular complexity index is 726. The third kappa shape index (κ3) is 1.63. The minimum atomic E-state index is -0.244. The van der Waals surface area contributed by atoms with Gasteiger partial charge in [-0.2, -0.15) is 0 Å². The molecule has 3 nitrogen and oxygen atoms in total. The van der Waals surface area contributed by atoms with Gasteiger partial charge in [0.05, 0.1) is 17.5 Å². The molecule has 112 valence electrons. The summed E-state index contributed by atoms with van der Waals surface area (Å²) in [6.07, 6.45) is 4.20. The molecule has 2 bridgehead atoms. The molecule has 1 saturated heterocycles. The Morgan fingerprint density at radius 3 is 2.14 bits per heavy atom. The SMILES string of the molecule is CC(C)=C1[C@H]2C=C[C@@H]1[C@H]1C(=O)N(c3cccc(Cl)c3)C(=O)[C@@H]12. The molecule has 4 atom stereocenters. The maximum atomic E-state index is 12.9. The molecule has 4 heteroatoms. The first-order chi connectivity index (χ1) is 10.5. The van der Waals surface area contributed by atoms with Gasteiger partial charge in [0.25, 0.3) is 0 Å². The van der Waals surface area contributed by atoms with Crippen molar-refractivity contribution in [1.82, 2.24) is 0 Å². The monoisotopic (exact) mass is 313 g/mol. The first kappa shape index (κ1) is 13.8. The molecule has 1 heterocycles. The van der Waals surface area contributed by atoms with Crippen molar-refractivity contribution in [2.24, 2.45) is 23.7 Å². The number of imide groups is 1. The Labute approximate surface area is 134 Å². The summed E-state index contributed by atoms with van der Waals surface area (Å²) in [6.45, 7) is 4.13. The normalized spacial score (nSPS) is 32.1. The van der Waals surface area contributed by atoms with Crippen LogP contribution >= 0.6 is 11.6 Å². The Morgan fingerprint density at radius 1 is 1.05 bits per heavy atom. The van der Waals surface area contributed by atoms with Crippen LogP contribution in [0.15, 0.2) is 47.6 Å². The highest BCUT2D eigenvalue weighted by atomic mass is 35.5. The first-order valence-electron chi connectivity index (χ1n) is 7.49. The number of allylic oxidation sites excluding steroid dienone is 4. The zero-order chi connectivity index (χ0) is 15.6. The molecule has 2 fully saturated rings. The number of anilines is 1. The molecule has 0 spiro atoms. The summed E-state index contributed by atoms with van der Waals surface area (Å²) in [7, 11) is 0. The van der Waals surface area contributed by atoms with E-state index in [2.05, 4.69) is 26.0 Å². The second kappa shape index (κ2) is 4.56. The number of fused-ring (bicyclic) bond motifs is 5. The van der Waals surface area contributed by atoms with Gasteiger partial charge in [0.15, 0.2) is 0 Å². The molecule has 0 unspecified atom stereocenters. The van der Waals surface area contributed by atoms with Gasteiger partial charge in [-0.05, 0) is 32.0 Å². The minimum absolute atomic E-state index is 0.0839. The molecule has 22 heavy (non-hydrogen) atoms. The predicted octanol–water partition coefficient (Wildman–Crippen LogP) is 3.60. The van der Waals surface area contributed by atoms with Crippen molar-refractivity contribution in [2.45, 2.75) is 13.8 Å². The van der Waals surface area contributed by atoms with E-state index in [9.17, 15) is 9.59 Å². The molecular formula is C18H16ClNO2. The fourth-order valence-corrected chi connectivity index (χ4v) is 4.48. The number of hydrogen-bond acceptors (Lipinski definition) is 2. The van der Waals surface area contributed by atoms with Crippen LogP contribution in [0.4, 0.5) is 5.69 Å². The number of carbonyl (C=O) groups excluding carboxylic acids is 2. The van der Waals surface area contributed by atoms with E-state index in [4.69, 9.17) is 11.6 Å². The predicted molar refractivity (Wildman–Crippen MR) is 85.4 cm³/mol. The molecule has 1 aromatic carbocycles. The molecule has 0 aromatic heterocycles. The molecule has 0 radical (unpaired) electrons. The lowest BCUT2D eigenvalue weighted by molar-refractivity contribution is -0.122. The maximum absolute atomic E-state index is 12.9. The van der Waals surface area contributed by atoms with Crippen LogP contribution in [0.3, 0.4) is 0 Å². The maximum Gasteiger partial charge on any atom is 0.238 e. The second-order valence-electron chi connectivity index (χ2n) is 6.44. The molecule has 2 aliphatic carbocycles. The summed E-state index contributed by atoms with van der Waals surface area (Å²) < 4.78 is 0. The van der Waals surface area contributed by atoms with Crippen LogP contribution in [0.5, 0.6) is 0 Å². The molecule has 1 aliphatic heterocycles. The standard InChI is InChI=1S/C18H16ClNO2/c1-9(2)14-12-6-7-13(14)16-15(12)17(21)20(18(16)22)11-5-3-4-10(19)8-11/h3-8,12-13,15-16H,1-2H3/t12-,13+,15-,16-/m1/s1. The molecule has 2 amide bonds. The number of benzene rings is 1. The van der Waals surface area contributed by atoms with Gasteiger partial charge < -0.3 is 0 Å². The van der Waals surface area contributed by atoms with Crippen LogP contribution in [-0.2, 0) is 9.59 Å². The Morgan fingerprint density at radius 2 is 1.64 bits per heavy atom. The Balaban J connectivity index is 1.78. The zero-order valence-corrected chi connectivity index (χ0v) is 13.2. The largest absolute Gasteiger partial charge is 0.274 e. The van der Waals surface area contributed by atoms with Gasteiger partial charge in [-0.3, -0.25) is 9.59 Å². The van der Waals surface area contributed by atoms with Crippen molar-refractivity contribution in [3.8, 4) is 0 Å². The van der Waals surface area contributed by atoms with Crippen molar-refractivity contribution in [1.29, 1.82) is 0 Å². The lowest BCUT2D eigenvalue weighted by Crippen LogP contribution is -2.33. The molecule has 4 rings (SSSR count). The van der Waals surface area contributed by atoms with E-state index in [0.717, 1.165) is 0 Å². The van der Waals surface area contributed by atoms with Crippen molar-refractivity contribution in [2.75, 3.05) is 4.90 Å². The lowest BCUT2D eigenvalue weighted by Gasteiger charge is -2.19. The highest BCUT2D eigenvalue weighted by molar-refractivity contribution is 6.31. The average molecular weight is 314 g/mol. The van der Waals surface area contributed by atoms with E-state index >= 15 is 0 Å². The number of carbonyl (C=O) groups is 2. The van der Waals surface area contributed by atoms with E-state index in [1.807, 2.05) is 0 Å². The van der Waals surface area contributed by atoms with E-state index in [-0.39, 0.29) is 35.5 Å². The van der Waals surface area contributed by atoms with E-state index in [1.54, 1.807) is 24.3 Å². The first-order valence-corrected chi connectivity index (χ1v) is 7.87. The van der Waals surface area contributed by atoms with Crippen LogP contribution in [0, 0.1) is 23.7 Å². The number of halogens is 1. The highest BCUT2D eigenvalue weighted by Crippen LogP contribution is 2.57. The fourth-order valence-electron chi connectivity index (χ4n) is 4.30. The third-order valence-corrected chi connectivity index (χ3v) is 5.29. The van der Waals surface area contributed by atoms with Gasteiger partial charge >= 0.3 is 0 Å². The van der Waals surface area contributed by atoms with Crippen LogP contribution in [-0.4, -0.2) is 11.8 Å². The minimum Gasteiger partial charge on any atom is -0.274 e. The summed E-state index contributed by atoms with van der Waals surface area (Å²) in [5, 5.41) is 0.529. The number of amides is 2. The summed E-state index contributed by atoms with van der Waals surface area (Å²) in [6, 6.07) is 6.94.